The monoisotopic (exact) mass is 420 g/mol. The van der Waals surface area contributed by atoms with Gasteiger partial charge in [0.15, 0.2) is 6.61 Å². The maximum Gasteiger partial charge on any atom is 0.331 e. The molecule has 0 saturated heterocycles. The van der Waals surface area contributed by atoms with Crippen LogP contribution in [0.4, 0.5) is 5.69 Å². The molecule has 8 heteroatoms. The predicted molar refractivity (Wildman–Crippen MR) is 109 cm³/mol. The number of carbonyl (C=O) groups is 3. The van der Waals surface area contributed by atoms with E-state index in [-0.39, 0.29) is 6.54 Å². The number of hydrogen-bond acceptors (Lipinski definition) is 4. The summed E-state index contributed by atoms with van der Waals surface area (Å²) in [5, 5.41) is 3.59. The number of carbonyl (C=O) groups excluding carboxylic acids is 3. The number of anilines is 1. The van der Waals surface area contributed by atoms with E-state index in [9.17, 15) is 14.4 Å². The first-order valence-corrected chi connectivity index (χ1v) is 8.99. The highest BCUT2D eigenvalue weighted by atomic mass is 35.5. The van der Waals surface area contributed by atoms with Gasteiger partial charge in [-0.3, -0.25) is 9.59 Å². The minimum absolute atomic E-state index is 0.206. The predicted octanol–water partition coefficient (Wildman–Crippen LogP) is 3.65. The number of nitrogens with one attached hydrogen (secondary N) is 1. The number of nitrogens with zero attached hydrogens (tertiary/aromatic N) is 1. The van der Waals surface area contributed by atoms with E-state index < -0.39 is 24.4 Å². The summed E-state index contributed by atoms with van der Waals surface area (Å²) in [6.07, 6.45) is 2.75. The molecule has 28 heavy (non-hydrogen) atoms. The van der Waals surface area contributed by atoms with Crippen molar-refractivity contribution in [3.05, 3.63) is 70.2 Å². The highest BCUT2D eigenvalue weighted by molar-refractivity contribution is 6.33. The van der Waals surface area contributed by atoms with E-state index in [0.29, 0.717) is 15.7 Å². The van der Waals surface area contributed by atoms with Crippen LogP contribution < -0.4 is 5.32 Å². The van der Waals surface area contributed by atoms with E-state index in [4.69, 9.17) is 27.9 Å². The number of para-hydroxylation sites is 1. The topological polar surface area (TPSA) is 75.7 Å². The fourth-order valence-electron chi connectivity index (χ4n) is 2.09. The summed E-state index contributed by atoms with van der Waals surface area (Å²) in [5.41, 5.74) is 1.22. The van der Waals surface area contributed by atoms with Crippen LogP contribution in [-0.4, -0.2) is 42.9 Å². The molecular formula is C20H18Cl2N2O4. The third-order valence-electron chi connectivity index (χ3n) is 3.57. The maximum absolute atomic E-state index is 12.0. The van der Waals surface area contributed by atoms with Gasteiger partial charge in [0.1, 0.15) is 0 Å². The molecule has 2 aromatic carbocycles. The summed E-state index contributed by atoms with van der Waals surface area (Å²) in [5.74, 6) is -1.60. The van der Waals surface area contributed by atoms with E-state index >= 15 is 0 Å². The van der Waals surface area contributed by atoms with Crippen molar-refractivity contribution >= 4 is 52.7 Å². The van der Waals surface area contributed by atoms with Gasteiger partial charge in [0.05, 0.1) is 17.3 Å². The molecule has 0 aliphatic heterocycles. The van der Waals surface area contributed by atoms with Crippen LogP contribution in [0.25, 0.3) is 6.08 Å². The number of likely N-dealkylation sites (N-methyl/N-ethyl adjacent to an activating group) is 1. The first-order chi connectivity index (χ1) is 13.3. The van der Waals surface area contributed by atoms with E-state index in [1.807, 2.05) is 0 Å². The second kappa shape index (κ2) is 10.5. The number of esters is 1. The van der Waals surface area contributed by atoms with Crippen LogP contribution >= 0.6 is 23.2 Å². The molecule has 0 aliphatic rings. The van der Waals surface area contributed by atoms with Crippen LogP contribution in [-0.2, 0) is 19.1 Å². The first kappa shape index (κ1) is 21.5. The maximum atomic E-state index is 12.0. The molecular weight excluding hydrogens is 403 g/mol. The van der Waals surface area contributed by atoms with Gasteiger partial charge in [-0.1, -0.05) is 47.5 Å². The zero-order valence-electron chi connectivity index (χ0n) is 15.0. The molecule has 0 spiro atoms. The quantitative estimate of drug-likeness (QED) is 0.547. The summed E-state index contributed by atoms with van der Waals surface area (Å²) in [6, 6.07) is 13.6. The number of rotatable bonds is 7. The Labute approximate surface area is 172 Å². The Morgan fingerprint density at radius 2 is 1.75 bits per heavy atom. The van der Waals surface area contributed by atoms with E-state index in [2.05, 4.69) is 5.32 Å². The van der Waals surface area contributed by atoms with Crippen molar-refractivity contribution in [3.63, 3.8) is 0 Å². The molecule has 0 fully saturated rings. The van der Waals surface area contributed by atoms with Crippen molar-refractivity contribution < 1.29 is 19.1 Å². The standard InChI is InChI=1S/C20H18Cl2N2O4/c1-24(12-18(25)23-17-5-3-2-4-16(17)22)19(26)13-28-20(27)11-8-14-6-9-15(21)10-7-14/h2-11H,12-13H2,1H3,(H,23,25)/b11-8+. The van der Waals surface area contributed by atoms with Gasteiger partial charge < -0.3 is 15.0 Å². The highest BCUT2D eigenvalue weighted by Gasteiger charge is 2.15. The average molecular weight is 421 g/mol. The van der Waals surface area contributed by atoms with Gasteiger partial charge in [0, 0.05) is 18.1 Å². The van der Waals surface area contributed by atoms with Crippen LogP contribution in [0.2, 0.25) is 10.0 Å². The molecule has 0 aliphatic carbocycles. The number of ether oxygens (including phenoxy) is 1. The summed E-state index contributed by atoms with van der Waals surface area (Å²) >= 11 is 11.8. The summed E-state index contributed by atoms with van der Waals surface area (Å²) < 4.78 is 4.89. The molecule has 0 radical (unpaired) electrons. The molecule has 6 nitrogen and oxygen atoms in total. The summed E-state index contributed by atoms with van der Waals surface area (Å²) in [6.45, 7) is -0.679. The Kier molecular flexibility index (Phi) is 8.04. The lowest BCUT2D eigenvalue weighted by Crippen LogP contribution is -2.37. The minimum Gasteiger partial charge on any atom is -0.452 e. The number of amides is 2. The second-order valence-corrected chi connectivity index (χ2v) is 6.61. The zero-order chi connectivity index (χ0) is 20.5. The van der Waals surface area contributed by atoms with Crippen molar-refractivity contribution in [1.29, 1.82) is 0 Å². The van der Waals surface area contributed by atoms with Gasteiger partial charge in [0.25, 0.3) is 5.91 Å². The molecule has 2 amide bonds. The fraction of sp³-hybridized carbons (Fsp3) is 0.150. The Morgan fingerprint density at radius 3 is 2.43 bits per heavy atom. The molecule has 0 heterocycles. The van der Waals surface area contributed by atoms with Crippen LogP contribution in [0.3, 0.4) is 0 Å². The molecule has 0 bridgehead atoms. The molecule has 0 atom stereocenters. The molecule has 0 aromatic heterocycles. The van der Waals surface area contributed by atoms with Gasteiger partial charge in [-0.25, -0.2) is 4.79 Å². The summed E-state index contributed by atoms with van der Waals surface area (Å²) in [7, 11) is 1.44. The van der Waals surface area contributed by atoms with Crippen LogP contribution in [0.1, 0.15) is 5.56 Å². The normalized spacial score (nSPS) is 10.5. The van der Waals surface area contributed by atoms with E-state index in [1.165, 1.54) is 13.1 Å². The van der Waals surface area contributed by atoms with Crippen molar-refractivity contribution in [2.75, 3.05) is 25.5 Å². The number of hydrogen-bond donors (Lipinski definition) is 1. The Hall–Kier alpha value is -2.83. The second-order valence-electron chi connectivity index (χ2n) is 5.77. The van der Waals surface area contributed by atoms with Gasteiger partial charge in [-0.15, -0.1) is 0 Å². The summed E-state index contributed by atoms with van der Waals surface area (Å²) in [4.78, 5) is 36.9. The molecule has 2 aromatic rings. The van der Waals surface area contributed by atoms with Crippen LogP contribution in [0.15, 0.2) is 54.6 Å². The fourth-order valence-corrected chi connectivity index (χ4v) is 2.39. The Balaban J connectivity index is 1.77. The lowest BCUT2D eigenvalue weighted by molar-refractivity contribution is -0.148. The SMILES string of the molecule is CN(CC(=O)Nc1ccccc1Cl)C(=O)COC(=O)/C=C/c1ccc(Cl)cc1. The van der Waals surface area contributed by atoms with Gasteiger partial charge in [0.2, 0.25) is 5.91 Å². The smallest absolute Gasteiger partial charge is 0.331 e. The molecule has 146 valence electrons. The van der Waals surface area contributed by atoms with Gasteiger partial charge in [-0.2, -0.15) is 0 Å². The van der Waals surface area contributed by atoms with Crippen LogP contribution in [0, 0.1) is 0 Å². The average Bonchev–Trinajstić information content (AvgIpc) is 2.67. The van der Waals surface area contributed by atoms with E-state index in [1.54, 1.807) is 54.6 Å². The zero-order valence-corrected chi connectivity index (χ0v) is 16.5. The Bertz CT molecular complexity index is 882. The first-order valence-electron chi connectivity index (χ1n) is 8.24. The lowest BCUT2D eigenvalue weighted by atomic mass is 10.2. The van der Waals surface area contributed by atoms with Crippen molar-refractivity contribution in [3.8, 4) is 0 Å². The third kappa shape index (κ3) is 7.06. The van der Waals surface area contributed by atoms with Gasteiger partial charge in [-0.05, 0) is 35.9 Å². The van der Waals surface area contributed by atoms with Crippen molar-refractivity contribution in [1.82, 2.24) is 4.90 Å². The van der Waals surface area contributed by atoms with Crippen molar-refractivity contribution in [2.24, 2.45) is 0 Å². The molecule has 0 unspecified atom stereocenters. The van der Waals surface area contributed by atoms with E-state index in [0.717, 1.165) is 10.5 Å². The minimum atomic E-state index is -0.669. The number of halogens is 2. The number of benzene rings is 2. The molecule has 0 saturated carbocycles. The van der Waals surface area contributed by atoms with Crippen LogP contribution in [0.5, 0.6) is 0 Å². The van der Waals surface area contributed by atoms with Gasteiger partial charge >= 0.3 is 5.97 Å². The third-order valence-corrected chi connectivity index (χ3v) is 4.16. The largest absolute Gasteiger partial charge is 0.452 e. The molecule has 1 N–H and O–H groups in total. The molecule has 2 rings (SSSR count). The lowest BCUT2D eigenvalue weighted by Gasteiger charge is -2.16. The van der Waals surface area contributed by atoms with Crippen molar-refractivity contribution in [2.45, 2.75) is 0 Å². The Morgan fingerprint density at radius 1 is 1.07 bits per heavy atom. The highest BCUT2D eigenvalue weighted by Crippen LogP contribution is 2.20.